The van der Waals surface area contributed by atoms with Crippen LogP contribution in [0, 0.1) is 6.92 Å². The average Bonchev–Trinajstić information content (AvgIpc) is 2.94. The summed E-state index contributed by atoms with van der Waals surface area (Å²) >= 11 is 1.46. The van der Waals surface area contributed by atoms with Gasteiger partial charge in [-0.05, 0) is 19.1 Å². The molecule has 0 saturated carbocycles. The molecular formula is C14H16N4OS. The summed E-state index contributed by atoms with van der Waals surface area (Å²) in [5.74, 6) is 1.07. The van der Waals surface area contributed by atoms with E-state index in [1.54, 1.807) is 12.4 Å². The number of aromatic nitrogens is 2. The first-order valence-corrected chi connectivity index (χ1v) is 7.43. The van der Waals surface area contributed by atoms with E-state index in [2.05, 4.69) is 14.9 Å². The van der Waals surface area contributed by atoms with Crippen LogP contribution >= 0.6 is 11.3 Å². The van der Waals surface area contributed by atoms with Crippen molar-refractivity contribution in [3.05, 3.63) is 40.5 Å². The summed E-state index contributed by atoms with van der Waals surface area (Å²) in [6.07, 6.45) is 3.47. The molecule has 0 atom stereocenters. The Morgan fingerprint density at radius 3 is 2.60 bits per heavy atom. The zero-order valence-electron chi connectivity index (χ0n) is 11.3. The first-order valence-electron chi connectivity index (χ1n) is 6.62. The number of carbonyl (C=O) groups excluding carboxylic acids is 1. The SMILES string of the molecule is Cc1ncc(C(=O)N2CCN(c3ccccn3)CC2)s1. The largest absolute Gasteiger partial charge is 0.353 e. The van der Waals surface area contributed by atoms with Gasteiger partial charge in [-0.2, -0.15) is 0 Å². The van der Waals surface area contributed by atoms with Gasteiger partial charge in [-0.15, -0.1) is 11.3 Å². The van der Waals surface area contributed by atoms with Crippen molar-refractivity contribution in [2.75, 3.05) is 31.1 Å². The minimum Gasteiger partial charge on any atom is -0.353 e. The number of aryl methyl sites for hydroxylation is 1. The second kappa shape index (κ2) is 5.58. The number of rotatable bonds is 2. The predicted octanol–water partition coefficient (Wildman–Crippen LogP) is 1.81. The van der Waals surface area contributed by atoms with Crippen LogP contribution in [0.4, 0.5) is 5.82 Å². The van der Waals surface area contributed by atoms with E-state index in [-0.39, 0.29) is 5.91 Å². The zero-order chi connectivity index (χ0) is 13.9. The molecule has 20 heavy (non-hydrogen) atoms. The molecule has 0 bridgehead atoms. The maximum Gasteiger partial charge on any atom is 0.265 e. The Bertz CT molecular complexity index is 590. The molecule has 3 rings (SSSR count). The van der Waals surface area contributed by atoms with Crippen molar-refractivity contribution in [2.24, 2.45) is 0 Å². The molecule has 1 saturated heterocycles. The Labute approximate surface area is 121 Å². The third-order valence-electron chi connectivity index (χ3n) is 3.37. The van der Waals surface area contributed by atoms with Gasteiger partial charge in [-0.1, -0.05) is 6.07 Å². The molecule has 0 spiro atoms. The van der Waals surface area contributed by atoms with Gasteiger partial charge in [0.15, 0.2) is 0 Å². The summed E-state index contributed by atoms with van der Waals surface area (Å²) in [4.78, 5) is 25.6. The second-order valence-corrected chi connectivity index (χ2v) is 5.95. The summed E-state index contributed by atoms with van der Waals surface area (Å²) in [6.45, 7) is 5.01. The predicted molar refractivity (Wildman–Crippen MR) is 79.2 cm³/mol. The molecule has 3 heterocycles. The molecule has 6 heteroatoms. The van der Waals surface area contributed by atoms with Crippen molar-refractivity contribution in [1.29, 1.82) is 0 Å². The normalized spacial score (nSPS) is 15.4. The molecule has 0 aliphatic carbocycles. The number of hydrogen-bond acceptors (Lipinski definition) is 5. The van der Waals surface area contributed by atoms with Crippen LogP contribution in [0.15, 0.2) is 30.6 Å². The van der Waals surface area contributed by atoms with Gasteiger partial charge >= 0.3 is 0 Å². The molecule has 0 radical (unpaired) electrons. The van der Waals surface area contributed by atoms with Crippen molar-refractivity contribution >= 4 is 23.1 Å². The van der Waals surface area contributed by atoms with Crippen molar-refractivity contribution in [2.45, 2.75) is 6.92 Å². The summed E-state index contributed by atoms with van der Waals surface area (Å²) in [6, 6.07) is 5.90. The third kappa shape index (κ3) is 2.65. The lowest BCUT2D eigenvalue weighted by atomic mass is 10.3. The number of pyridine rings is 1. The van der Waals surface area contributed by atoms with Crippen LogP contribution in [0.25, 0.3) is 0 Å². The molecule has 5 nitrogen and oxygen atoms in total. The zero-order valence-corrected chi connectivity index (χ0v) is 12.1. The summed E-state index contributed by atoms with van der Waals surface area (Å²) in [5.41, 5.74) is 0. The molecular weight excluding hydrogens is 272 g/mol. The van der Waals surface area contributed by atoms with Crippen molar-refractivity contribution in [3.8, 4) is 0 Å². The first kappa shape index (κ1) is 13.1. The number of hydrogen-bond donors (Lipinski definition) is 0. The van der Waals surface area contributed by atoms with E-state index < -0.39 is 0 Å². The molecule has 2 aromatic heterocycles. The number of carbonyl (C=O) groups is 1. The fraction of sp³-hybridized carbons (Fsp3) is 0.357. The van der Waals surface area contributed by atoms with Crippen molar-refractivity contribution < 1.29 is 4.79 Å². The van der Waals surface area contributed by atoms with Crippen LogP contribution in [0.1, 0.15) is 14.7 Å². The van der Waals surface area contributed by atoms with Crippen LogP contribution in [0.2, 0.25) is 0 Å². The molecule has 1 amide bonds. The van der Waals surface area contributed by atoms with Gasteiger partial charge in [0.05, 0.1) is 11.2 Å². The summed E-state index contributed by atoms with van der Waals surface area (Å²) in [5, 5.41) is 0.931. The number of nitrogens with zero attached hydrogens (tertiary/aromatic N) is 4. The highest BCUT2D eigenvalue weighted by molar-refractivity contribution is 7.13. The second-order valence-electron chi connectivity index (χ2n) is 4.71. The van der Waals surface area contributed by atoms with Crippen LogP contribution in [-0.2, 0) is 0 Å². The molecule has 2 aromatic rings. The first-order chi connectivity index (χ1) is 9.74. The Balaban J connectivity index is 1.63. The Hall–Kier alpha value is -1.95. The molecule has 1 fully saturated rings. The third-order valence-corrected chi connectivity index (χ3v) is 4.27. The smallest absolute Gasteiger partial charge is 0.265 e. The fourth-order valence-electron chi connectivity index (χ4n) is 2.30. The number of amides is 1. The van der Waals surface area contributed by atoms with Crippen LogP contribution in [0.3, 0.4) is 0 Å². The van der Waals surface area contributed by atoms with Crippen LogP contribution in [-0.4, -0.2) is 47.0 Å². The van der Waals surface area contributed by atoms with Crippen molar-refractivity contribution in [1.82, 2.24) is 14.9 Å². The molecule has 0 N–H and O–H groups in total. The Morgan fingerprint density at radius 1 is 1.20 bits per heavy atom. The Kier molecular flexibility index (Phi) is 3.64. The number of piperazine rings is 1. The van der Waals surface area contributed by atoms with Crippen molar-refractivity contribution in [3.63, 3.8) is 0 Å². The number of thiazole rings is 1. The Morgan fingerprint density at radius 2 is 2.00 bits per heavy atom. The highest BCUT2D eigenvalue weighted by Crippen LogP contribution is 2.17. The summed E-state index contributed by atoms with van der Waals surface area (Å²) in [7, 11) is 0. The van der Waals surface area contributed by atoms with Gasteiger partial charge in [-0.25, -0.2) is 9.97 Å². The molecule has 104 valence electrons. The minimum atomic E-state index is 0.0938. The van der Waals surface area contributed by atoms with E-state index in [9.17, 15) is 4.79 Å². The quantitative estimate of drug-likeness (QED) is 0.845. The van der Waals surface area contributed by atoms with Gasteiger partial charge < -0.3 is 9.80 Å². The highest BCUT2D eigenvalue weighted by atomic mass is 32.1. The lowest BCUT2D eigenvalue weighted by molar-refractivity contribution is 0.0751. The van der Waals surface area contributed by atoms with Gasteiger partial charge in [0.25, 0.3) is 5.91 Å². The molecule has 0 unspecified atom stereocenters. The highest BCUT2D eigenvalue weighted by Gasteiger charge is 2.23. The van der Waals surface area contributed by atoms with E-state index in [0.29, 0.717) is 0 Å². The van der Waals surface area contributed by atoms with Gasteiger partial charge in [0.2, 0.25) is 0 Å². The molecule has 1 aliphatic rings. The average molecular weight is 288 g/mol. The van der Waals surface area contributed by atoms with Gasteiger partial charge in [-0.3, -0.25) is 4.79 Å². The van der Waals surface area contributed by atoms with E-state index in [0.717, 1.165) is 41.9 Å². The van der Waals surface area contributed by atoms with Gasteiger partial charge in [0.1, 0.15) is 10.7 Å². The van der Waals surface area contributed by atoms with E-state index in [1.165, 1.54) is 11.3 Å². The standard InChI is InChI=1S/C14H16N4OS/c1-11-16-10-12(20-11)14(19)18-8-6-17(7-9-18)13-4-2-3-5-15-13/h2-5,10H,6-9H2,1H3. The van der Waals surface area contributed by atoms with Crippen LogP contribution < -0.4 is 4.90 Å². The van der Waals surface area contributed by atoms with Gasteiger partial charge in [0, 0.05) is 32.4 Å². The lowest BCUT2D eigenvalue weighted by Crippen LogP contribution is -2.48. The fourth-order valence-corrected chi connectivity index (χ4v) is 3.04. The topological polar surface area (TPSA) is 49.3 Å². The summed E-state index contributed by atoms with van der Waals surface area (Å²) < 4.78 is 0. The molecule has 1 aliphatic heterocycles. The monoisotopic (exact) mass is 288 g/mol. The minimum absolute atomic E-state index is 0.0938. The van der Waals surface area contributed by atoms with E-state index >= 15 is 0 Å². The molecule has 0 aromatic carbocycles. The van der Waals surface area contributed by atoms with E-state index in [4.69, 9.17) is 0 Å². The number of anilines is 1. The maximum absolute atomic E-state index is 12.3. The maximum atomic E-state index is 12.3. The van der Waals surface area contributed by atoms with Crippen LogP contribution in [0.5, 0.6) is 0 Å². The lowest BCUT2D eigenvalue weighted by Gasteiger charge is -2.35. The van der Waals surface area contributed by atoms with E-state index in [1.807, 2.05) is 30.0 Å².